The van der Waals surface area contributed by atoms with E-state index in [-0.39, 0.29) is 6.09 Å². The van der Waals surface area contributed by atoms with E-state index in [0.29, 0.717) is 24.0 Å². The molecule has 1 aromatic carbocycles. The van der Waals surface area contributed by atoms with E-state index in [4.69, 9.17) is 10.5 Å². The molecule has 1 aliphatic rings. The molecule has 2 aromatic rings. The third-order valence-electron chi connectivity index (χ3n) is 3.56. The Balaban J connectivity index is 1.70. The molecule has 0 spiro atoms. The van der Waals surface area contributed by atoms with Gasteiger partial charge in [0.1, 0.15) is 11.4 Å². The molecule has 1 amide bonds. The van der Waals surface area contributed by atoms with Crippen molar-refractivity contribution in [2.45, 2.75) is 39.5 Å². The molecule has 132 valence electrons. The van der Waals surface area contributed by atoms with Crippen LogP contribution in [-0.4, -0.2) is 27.8 Å². The first-order chi connectivity index (χ1) is 11.8. The summed E-state index contributed by atoms with van der Waals surface area (Å²) in [5, 5.41) is 6.60. The summed E-state index contributed by atoms with van der Waals surface area (Å²) in [5.74, 6) is 0.469. The number of hydrogen-bond acceptors (Lipinski definition) is 7. The highest BCUT2D eigenvalue weighted by molar-refractivity contribution is 7.14. The number of ether oxygens (including phenoxy) is 1. The van der Waals surface area contributed by atoms with Gasteiger partial charge in [0, 0.05) is 11.9 Å². The lowest BCUT2D eigenvalue weighted by Gasteiger charge is -2.24. The molecule has 0 atom stereocenters. The number of carbonyl (C=O) groups is 1. The number of nitrogens with one attached hydrogen (secondary N) is 1. The molecule has 8 heteroatoms. The Bertz CT molecular complexity index is 810. The van der Waals surface area contributed by atoms with Crippen molar-refractivity contribution < 1.29 is 9.53 Å². The predicted molar refractivity (Wildman–Crippen MR) is 99.7 cm³/mol. The topological polar surface area (TPSA) is 92.8 Å². The summed E-state index contributed by atoms with van der Waals surface area (Å²) in [5.41, 5.74) is 11.1. The second-order valence-electron chi connectivity index (χ2n) is 6.77. The van der Waals surface area contributed by atoms with Gasteiger partial charge in [0.25, 0.3) is 0 Å². The zero-order chi connectivity index (χ0) is 18.0. The molecular formula is C17H21N5O2S. The SMILES string of the molecule is CC(C)(C)OC(=O)N1Cc2cccc(C=NNc3nc(N)cs3)c2C1. The third-order valence-corrected chi connectivity index (χ3v) is 4.32. The summed E-state index contributed by atoms with van der Waals surface area (Å²) in [7, 11) is 0. The van der Waals surface area contributed by atoms with Crippen LogP contribution in [0.3, 0.4) is 0 Å². The van der Waals surface area contributed by atoms with Crippen LogP contribution in [0.2, 0.25) is 0 Å². The van der Waals surface area contributed by atoms with Gasteiger partial charge in [-0.25, -0.2) is 9.78 Å². The standard InChI is InChI=1S/C17H21N5O2S/c1-17(2,3)24-16(23)22-8-12-6-4-5-11(13(12)9-22)7-19-21-15-20-14(18)10-25-15/h4-7,10H,8-9,18H2,1-3H3,(H,20,21). The first kappa shape index (κ1) is 17.2. The molecule has 0 fully saturated rings. The number of fused-ring (bicyclic) bond motifs is 1. The molecule has 0 bridgehead atoms. The van der Waals surface area contributed by atoms with Crippen molar-refractivity contribution in [1.82, 2.24) is 9.88 Å². The molecule has 0 saturated carbocycles. The quantitative estimate of drug-likeness (QED) is 0.647. The third kappa shape index (κ3) is 4.27. The van der Waals surface area contributed by atoms with Gasteiger partial charge < -0.3 is 10.5 Å². The van der Waals surface area contributed by atoms with Crippen LogP contribution in [0.25, 0.3) is 0 Å². The Kier molecular flexibility index (Phi) is 4.63. The molecule has 3 N–H and O–H groups in total. The lowest BCUT2D eigenvalue weighted by Crippen LogP contribution is -2.33. The zero-order valence-corrected chi connectivity index (χ0v) is 15.3. The van der Waals surface area contributed by atoms with Crippen LogP contribution in [0.15, 0.2) is 28.7 Å². The molecular weight excluding hydrogens is 338 g/mol. The Labute approximate surface area is 150 Å². The normalized spacial score (nSPS) is 14.0. The number of carbonyl (C=O) groups excluding carboxylic acids is 1. The zero-order valence-electron chi connectivity index (χ0n) is 14.4. The van der Waals surface area contributed by atoms with Crippen LogP contribution in [-0.2, 0) is 17.8 Å². The summed E-state index contributed by atoms with van der Waals surface area (Å²) in [6.45, 7) is 6.65. The van der Waals surface area contributed by atoms with Crippen LogP contribution in [0.4, 0.5) is 15.7 Å². The summed E-state index contributed by atoms with van der Waals surface area (Å²) in [6.07, 6.45) is 1.43. The number of thiazole rings is 1. The molecule has 7 nitrogen and oxygen atoms in total. The maximum atomic E-state index is 12.3. The minimum atomic E-state index is -0.504. The first-order valence-corrected chi connectivity index (χ1v) is 8.78. The minimum absolute atomic E-state index is 0.303. The van der Waals surface area contributed by atoms with Crippen molar-refractivity contribution in [3.8, 4) is 0 Å². The monoisotopic (exact) mass is 359 g/mol. The maximum absolute atomic E-state index is 12.3. The number of rotatable bonds is 3. The number of nitrogens with zero attached hydrogens (tertiary/aromatic N) is 3. The van der Waals surface area contributed by atoms with E-state index in [1.165, 1.54) is 11.3 Å². The Hall–Kier alpha value is -2.61. The predicted octanol–water partition coefficient (Wildman–Crippen LogP) is 3.42. The minimum Gasteiger partial charge on any atom is -0.444 e. The smallest absolute Gasteiger partial charge is 0.410 e. The number of aromatic nitrogens is 1. The number of anilines is 2. The average molecular weight is 359 g/mol. The molecule has 0 radical (unpaired) electrons. The van der Waals surface area contributed by atoms with E-state index >= 15 is 0 Å². The highest BCUT2D eigenvalue weighted by Crippen LogP contribution is 2.27. The van der Waals surface area contributed by atoms with Gasteiger partial charge in [0.2, 0.25) is 5.13 Å². The van der Waals surface area contributed by atoms with Gasteiger partial charge in [-0.05, 0) is 37.5 Å². The fraction of sp³-hybridized carbons (Fsp3) is 0.353. The van der Waals surface area contributed by atoms with Crippen LogP contribution in [0.5, 0.6) is 0 Å². The summed E-state index contributed by atoms with van der Waals surface area (Å²) < 4.78 is 5.46. The summed E-state index contributed by atoms with van der Waals surface area (Å²) >= 11 is 1.39. The van der Waals surface area contributed by atoms with Crippen molar-refractivity contribution in [3.05, 3.63) is 40.3 Å². The molecule has 0 aliphatic carbocycles. The van der Waals surface area contributed by atoms with Gasteiger partial charge in [-0.15, -0.1) is 11.3 Å². The van der Waals surface area contributed by atoms with Gasteiger partial charge in [0.05, 0.1) is 12.8 Å². The highest BCUT2D eigenvalue weighted by Gasteiger charge is 2.28. The molecule has 1 aromatic heterocycles. The number of hydrazone groups is 1. The summed E-state index contributed by atoms with van der Waals surface area (Å²) in [4.78, 5) is 18.1. The molecule has 0 unspecified atom stereocenters. The lowest BCUT2D eigenvalue weighted by molar-refractivity contribution is 0.0242. The van der Waals surface area contributed by atoms with E-state index in [0.717, 1.165) is 16.7 Å². The lowest BCUT2D eigenvalue weighted by atomic mass is 10.0. The van der Waals surface area contributed by atoms with E-state index in [9.17, 15) is 4.79 Å². The first-order valence-electron chi connectivity index (χ1n) is 7.90. The molecule has 2 heterocycles. The Morgan fingerprint density at radius 1 is 1.44 bits per heavy atom. The van der Waals surface area contributed by atoms with E-state index in [1.54, 1.807) is 16.5 Å². The van der Waals surface area contributed by atoms with E-state index in [1.807, 2.05) is 39.0 Å². The van der Waals surface area contributed by atoms with Gasteiger partial charge in [-0.1, -0.05) is 18.2 Å². The fourth-order valence-corrected chi connectivity index (χ4v) is 3.07. The molecule has 0 saturated heterocycles. The van der Waals surface area contributed by atoms with Crippen molar-refractivity contribution in [1.29, 1.82) is 0 Å². The highest BCUT2D eigenvalue weighted by atomic mass is 32.1. The molecule has 25 heavy (non-hydrogen) atoms. The van der Waals surface area contributed by atoms with Crippen LogP contribution in [0.1, 0.15) is 37.5 Å². The number of nitrogen functional groups attached to an aromatic ring is 1. The van der Waals surface area contributed by atoms with E-state index < -0.39 is 5.60 Å². The van der Waals surface area contributed by atoms with Crippen LogP contribution in [0, 0.1) is 0 Å². The van der Waals surface area contributed by atoms with Crippen molar-refractivity contribution in [2.24, 2.45) is 5.10 Å². The number of amides is 1. The fourth-order valence-electron chi connectivity index (χ4n) is 2.52. The van der Waals surface area contributed by atoms with E-state index in [2.05, 4.69) is 15.5 Å². The Morgan fingerprint density at radius 2 is 2.24 bits per heavy atom. The van der Waals surface area contributed by atoms with Gasteiger partial charge in [-0.3, -0.25) is 10.3 Å². The second-order valence-corrected chi connectivity index (χ2v) is 7.63. The second kappa shape index (κ2) is 6.72. The van der Waals surface area contributed by atoms with Gasteiger partial charge >= 0.3 is 6.09 Å². The molecule has 1 aliphatic heterocycles. The van der Waals surface area contributed by atoms with Crippen LogP contribution >= 0.6 is 11.3 Å². The number of benzene rings is 1. The maximum Gasteiger partial charge on any atom is 0.410 e. The van der Waals surface area contributed by atoms with Crippen molar-refractivity contribution in [2.75, 3.05) is 11.2 Å². The van der Waals surface area contributed by atoms with Gasteiger partial charge in [-0.2, -0.15) is 5.10 Å². The largest absolute Gasteiger partial charge is 0.444 e. The Morgan fingerprint density at radius 3 is 2.92 bits per heavy atom. The summed E-state index contributed by atoms with van der Waals surface area (Å²) in [6, 6.07) is 5.95. The average Bonchev–Trinajstić information content (AvgIpc) is 3.12. The van der Waals surface area contributed by atoms with Gasteiger partial charge in [0.15, 0.2) is 0 Å². The van der Waals surface area contributed by atoms with Crippen molar-refractivity contribution in [3.63, 3.8) is 0 Å². The molecule has 3 rings (SSSR count). The number of hydrogen-bond donors (Lipinski definition) is 2. The van der Waals surface area contributed by atoms with Crippen molar-refractivity contribution >= 4 is 34.6 Å². The van der Waals surface area contributed by atoms with Crippen LogP contribution < -0.4 is 11.2 Å². The number of nitrogens with two attached hydrogens (primary N) is 1.